The molecule has 0 fully saturated rings. The number of benzene rings is 3. The van der Waals surface area contributed by atoms with Crippen LogP contribution in [0.15, 0.2) is 71.6 Å². The highest BCUT2D eigenvalue weighted by Crippen LogP contribution is 2.28. The Balaban J connectivity index is 1.75. The molecule has 3 aromatic carbocycles. The quantitative estimate of drug-likeness (QED) is 0.390. The van der Waals surface area contributed by atoms with E-state index in [9.17, 15) is 0 Å². The third-order valence-electron chi connectivity index (χ3n) is 3.29. The highest BCUT2D eigenvalue weighted by atomic mass is 32.2. The van der Waals surface area contributed by atoms with Crippen molar-refractivity contribution in [3.63, 3.8) is 0 Å². The van der Waals surface area contributed by atoms with Crippen molar-refractivity contribution < 1.29 is 9.53 Å². The molecule has 0 aliphatic rings. The Morgan fingerprint density at radius 2 is 1.67 bits per heavy atom. The van der Waals surface area contributed by atoms with E-state index < -0.39 is 0 Å². The first kappa shape index (κ1) is 13.7. The highest BCUT2D eigenvalue weighted by molar-refractivity contribution is 7.98. The second kappa shape index (κ2) is 6.46. The molecule has 0 spiro atoms. The van der Waals surface area contributed by atoms with Gasteiger partial charge in [0.15, 0.2) is 0 Å². The number of rotatable bonds is 5. The number of carbonyl (C=O) groups excluding carboxylic acids is 1. The second-order valence-electron chi connectivity index (χ2n) is 4.62. The third kappa shape index (κ3) is 3.26. The van der Waals surface area contributed by atoms with Gasteiger partial charge >= 0.3 is 6.47 Å². The lowest BCUT2D eigenvalue weighted by Gasteiger charge is -2.06. The van der Waals surface area contributed by atoms with Crippen molar-refractivity contribution in [2.75, 3.05) is 0 Å². The van der Waals surface area contributed by atoms with Crippen LogP contribution in [-0.4, -0.2) is 11.3 Å². The average Bonchev–Trinajstić information content (AvgIpc) is 2.54. The van der Waals surface area contributed by atoms with Crippen LogP contribution < -0.4 is 4.74 Å². The van der Waals surface area contributed by atoms with Crippen molar-refractivity contribution >= 4 is 29.0 Å². The van der Waals surface area contributed by atoms with E-state index in [0.29, 0.717) is 12.2 Å². The number of thioether (sulfide) groups is 1. The Hall–Kier alpha value is -2.26. The molecule has 0 amide bonds. The standard InChI is InChI=1S/C18H14O2S/c19-13-20-16-8-10-17(11-9-16)21-12-15-6-3-5-14-4-1-2-7-18(14)15/h1-11,13H,12H2/p+1. The van der Waals surface area contributed by atoms with E-state index in [1.165, 1.54) is 21.2 Å². The van der Waals surface area contributed by atoms with Gasteiger partial charge in [-0.2, -0.15) is 0 Å². The zero-order chi connectivity index (χ0) is 14.5. The number of hydrogen-bond acceptors (Lipinski definition) is 2. The fourth-order valence-corrected chi connectivity index (χ4v) is 3.16. The van der Waals surface area contributed by atoms with Crippen molar-refractivity contribution in [2.45, 2.75) is 10.6 Å². The Kier molecular flexibility index (Phi) is 4.22. The first-order valence-corrected chi connectivity index (χ1v) is 7.67. The molecule has 2 nitrogen and oxygen atoms in total. The SMILES string of the molecule is [OH+]=COc1ccc(SCc2cccc3ccccc23)cc1. The van der Waals surface area contributed by atoms with Crippen molar-refractivity contribution in [2.24, 2.45) is 0 Å². The molecule has 0 saturated heterocycles. The molecular weight excluding hydrogens is 280 g/mol. The summed E-state index contributed by atoms with van der Waals surface area (Å²) < 4.78 is 4.90. The summed E-state index contributed by atoms with van der Waals surface area (Å²) in [7, 11) is 0. The van der Waals surface area contributed by atoms with Gasteiger partial charge in [-0.15, -0.1) is 11.8 Å². The van der Waals surface area contributed by atoms with Crippen LogP contribution >= 0.6 is 11.8 Å². The zero-order valence-electron chi connectivity index (χ0n) is 11.4. The van der Waals surface area contributed by atoms with Gasteiger partial charge in [-0.05, 0) is 28.5 Å². The summed E-state index contributed by atoms with van der Waals surface area (Å²) in [6.45, 7) is 0.693. The predicted molar refractivity (Wildman–Crippen MR) is 88.6 cm³/mol. The van der Waals surface area contributed by atoms with Crippen molar-refractivity contribution in [1.29, 1.82) is 0 Å². The molecule has 0 atom stereocenters. The molecule has 0 bridgehead atoms. The normalized spacial score (nSPS) is 10.5. The topological polar surface area (TPSA) is 30.6 Å². The van der Waals surface area contributed by atoms with Crippen LogP contribution in [0.1, 0.15) is 5.56 Å². The molecule has 104 valence electrons. The molecule has 21 heavy (non-hydrogen) atoms. The van der Waals surface area contributed by atoms with Crippen molar-refractivity contribution in [3.05, 3.63) is 72.3 Å². The molecule has 0 radical (unpaired) electrons. The van der Waals surface area contributed by atoms with Crippen molar-refractivity contribution in [3.8, 4) is 5.75 Å². The van der Waals surface area contributed by atoms with Gasteiger partial charge < -0.3 is 4.79 Å². The minimum Gasteiger partial charge on any atom is -0.341 e. The van der Waals surface area contributed by atoms with E-state index in [2.05, 4.69) is 42.5 Å². The van der Waals surface area contributed by atoms with E-state index >= 15 is 0 Å². The first-order valence-electron chi connectivity index (χ1n) is 6.69. The number of fused-ring (bicyclic) bond motifs is 1. The Morgan fingerprint density at radius 3 is 2.48 bits per heavy atom. The van der Waals surface area contributed by atoms with E-state index in [1.807, 2.05) is 24.3 Å². The van der Waals surface area contributed by atoms with Crippen LogP contribution in [0.25, 0.3) is 10.8 Å². The Labute approximate surface area is 127 Å². The summed E-state index contributed by atoms with van der Waals surface area (Å²) in [4.78, 5) is 9.76. The van der Waals surface area contributed by atoms with Gasteiger partial charge in [0.2, 0.25) is 5.75 Å². The minimum atomic E-state index is 0.631. The van der Waals surface area contributed by atoms with Gasteiger partial charge in [0, 0.05) is 22.8 Å². The summed E-state index contributed by atoms with van der Waals surface area (Å²) in [6.07, 6.45) is 0. The maximum atomic E-state index is 8.59. The maximum absolute atomic E-state index is 8.59. The lowest BCUT2D eigenvalue weighted by Crippen LogP contribution is -1.88. The molecule has 0 saturated carbocycles. The van der Waals surface area contributed by atoms with Gasteiger partial charge in [-0.25, -0.2) is 0 Å². The highest BCUT2D eigenvalue weighted by Gasteiger charge is 2.03. The van der Waals surface area contributed by atoms with E-state index in [1.54, 1.807) is 11.8 Å². The molecule has 1 N–H and O–H groups in total. The number of ether oxygens (including phenoxy) is 1. The first-order chi connectivity index (χ1) is 10.4. The summed E-state index contributed by atoms with van der Waals surface area (Å²) in [5.74, 6) is 1.56. The predicted octanol–water partition coefficient (Wildman–Crippen LogP) is 4.64. The summed E-state index contributed by atoms with van der Waals surface area (Å²) in [6, 6.07) is 22.5. The third-order valence-corrected chi connectivity index (χ3v) is 4.35. The van der Waals surface area contributed by atoms with Gasteiger partial charge in [0.1, 0.15) is 0 Å². The monoisotopic (exact) mass is 295 g/mol. The van der Waals surface area contributed by atoms with Gasteiger partial charge in [0.25, 0.3) is 0 Å². The Bertz CT molecular complexity index is 745. The largest absolute Gasteiger partial charge is 0.476 e. The van der Waals surface area contributed by atoms with Crippen LogP contribution in [0.5, 0.6) is 5.75 Å². The lowest BCUT2D eigenvalue weighted by molar-refractivity contribution is 0.496. The summed E-state index contributed by atoms with van der Waals surface area (Å²) in [5, 5.41) is 2.58. The van der Waals surface area contributed by atoms with Crippen LogP contribution in [0, 0.1) is 0 Å². The molecule has 0 aliphatic carbocycles. The average molecular weight is 295 g/mol. The van der Waals surface area contributed by atoms with Crippen LogP contribution in [0.4, 0.5) is 0 Å². The molecule has 0 heterocycles. The molecular formula is C18H15O2S+. The molecule has 3 heteroatoms. The van der Waals surface area contributed by atoms with Crippen LogP contribution in [0.3, 0.4) is 0 Å². The summed E-state index contributed by atoms with van der Waals surface area (Å²) in [5.41, 5.74) is 1.34. The second-order valence-corrected chi connectivity index (χ2v) is 5.67. The van der Waals surface area contributed by atoms with E-state index in [4.69, 9.17) is 9.53 Å². The summed E-state index contributed by atoms with van der Waals surface area (Å²) >= 11 is 1.79. The van der Waals surface area contributed by atoms with Gasteiger partial charge in [0.05, 0.1) is 0 Å². The lowest BCUT2D eigenvalue weighted by atomic mass is 10.1. The molecule has 0 unspecified atom stereocenters. The fourth-order valence-electron chi connectivity index (χ4n) is 2.25. The van der Waals surface area contributed by atoms with Gasteiger partial charge in [-0.3, -0.25) is 4.74 Å². The van der Waals surface area contributed by atoms with Crippen LogP contribution in [-0.2, 0) is 5.75 Å². The van der Waals surface area contributed by atoms with Crippen LogP contribution in [0.2, 0.25) is 0 Å². The van der Waals surface area contributed by atoms with E-state index in [0.717, 1.165) is 5.75 Å². The Morgan fingerprint density at radius 1 is 0.905 bits per heavy atom. The van der Waals surface area contributed by atoms with E-state index in [-0.39, 0.29) is 0 Å². The fraction of sp³-hybridized carbons (Fsp3) is 0.0556. The smallest absolute Gasteiger partial charge is 0.341 e. The zero-order valence-corrected chi connectivity index (χ0v) is 12.2. The maximum Gasteiger partial charge on any atom is 0.476 e. The molecule has 0 aliphatic heterocycles. The van der Waals surface area contributed by atoms with Crippen molar-refractivity contribution in [1.82, 2.24) is 0 Å². The van der Waals surface area contributed by atoms with Gasteiger partial charge in [-0.1, -0.05) is 42.5 Å². The minimum absolute atomic E-state index is 0.631. The molecule has 0 aromatic heterocycles. The number of hydrogen-bond donors (Lipinski definition) is 0. The molecule has 3 aromatic rings. The molecule has 3 rings (SSSR count).